The highest BCUT2D eigenvalue weighted by molar-refractivity contribution is 5.97. The highest BCUT2D eigenvalue weighted by Crippen LogP contribution is 2.20. The fourth-order valence-corrected chi connectivity index (χ4v) is 1.77. The van der Waals surface area contributed by atoms with E-state index in [4.69, 9.17) is 15.7 Å². The zero-order chi connectivity index (χ0) is 14.5. The van der Waals surface area contributed by atoms with E-state index in [-0.39, 0.29) is 5.84 Å². The number of amidine groups is 1. The van der Waals surface area contributed by atoms with Gasteiger partial charge in [0.05, 0.1) is 12.4 Å². The summed E-state index contributed by atoms with van der Waals surface area (Å²) >= 11 is 0. The second-order valence-electron chi connectivity index (χ2n) is 4.36. The van der Waals surface area contributed by atoms with Crippen LogP contribution in [0.5, 0.6) is 11.6 Å². The molecule has 0 saturated heterocycles. The lowest BCUT2D eigenvalue weighted by Gasteiger charge is -2.06. The SMILES string of the molecule is CCCn1cc(Oc2cc(/C(N)=N/O)cc(C)n2)cn1. The summed E-state index contributed by atoms with van der Waals surface area (Å²) in [4.78, 5) is 4.25. The molecule has 0 aromatic carbocycles. The summed E-state index contributed by atoms with van der Waals surface area (Å²) in [7, 11) is 0. The number of nitrogens with two attached hydrogens (primary N) is 1. The average Bonchev–Trinajstić information content (AvgIpc) is 2.85. The highest BCUT2D eigenvalue weighted by atomic mass is 16.5. The maximum atomic E-state index is 8.71. The Morgan fingerprint density at radius 2 is 2.30 bits per heavy atom. The third-order valence-electron chi connectivity index (χ3n) is 2.62. The minimum Gasteiger partial charge on any atom is -0.436 e. The van der Waals surface area contributed by atoms with Crippen molar-refractivity contribution in [3.8, 4) is 11.6 Å². The van der Waals surface area contributed by atoms with Crippen molar-refractivity contribution in [1.82, 2.24) is 14.8 Å². The Morgan fingerprint density at radius 1 is 1.50 bits per heavy atom. The monoisotopic (exact) mass is 275 g/mol. The van der Waals surface area contributed by atoms with Crippen molar-refractivity contribution in [3.05, 3.63) is 35.8 Å². The molecule has 7 heteroatoms. The van der Waals surface area contributed by atoms with Gasteiger partial charge in [-0.25, -0.2) is 4.98 Å². The van der Waals surface area contributed by atoms with Gasteiger partial charge >= 0.3 is 0 Å². The third kappa shape index (κ3) is 3.25. The number of hydrogen-bond acceptors (Lipinski definition) is 5. The zero-order valence-electron chi connectivity index (χ0n) is 11.4. The fraction of sp³-hybridized carbons (Fsp3) is 0.308. The van der Waals surface area contributed by atoms with Gasteiger partial charge in [0.15, 0.2) is 11.6 Å². The summed E-state index contributed by atoms with van der Waals surface area (Å²) in [6.45, 7) is 4.72. The number of hydrogen-bond donors (Lipinski definition) is 2. The first-order valence-corrected chi connectivity index (χ1v) is 6.29. The Morgan fingerprint density at radius 3 is 3.00 bits per heavy atom. The predicted molar refractivity (Wildman–Crippen MR) is 74.1 cm³/mol. The lowest BCUT2D eigenvalue weighted by Crippen LogP contribution is -2.13. The Labute approximate surface area is 116 Å². The largest absolute Gasteiger partial charge is 0.436 e. The first kappa shape index (κ1) is 13.9. The van der Waals surface area contributed by atoms with Crippen LogP contribution >= 0.6 is 0 Å². The topological polar surface area (TPSA) is 98.5 Å². The minimum absolute atomic E-state index is 0.0158. The fourth-order valence-electron chi connectivity index (χ4n) is 1.77. The normalized spacial score (nSPS) is 11.6. The first-order chi connectivity index (χ1) is 9.62. The molecule has 2 aromatic heterocycles. The van der Waals surface area contributed by atoms with Crippen LogP contribution in [0.25, 0.3) is 0 Å². The van der Waals surface area contributed by atoms with Gasteiger partial charge in [-0.3, -0.25) is 4.68 Å². The van der Waals surface area contributed by atoms with E-state index in [1.807, 2.05) is 6.92 Å². The van der Waals surface area contributed by atoms with E-state index in [9.17, 15) is 0 Å². The summed E-state index contributed by atoms with van der Waals surface area (Å²) in [6.07, 6.45) is 4.43. The molecule has 0 spiro atoms. The molecule has 0 saturated carbocycles. The van der Waals surface area contributed by atoms with E-state index < -0.39 is 0 Å². The van der Waals surface area contributed by atoms with Gasteiger partial charge in [-0.05, 0) is 19.4 Å². The number of rotatable bonds is 5. The number of aromatic nitrogens is 3. The van der Waals surface area contributed by atoms with Crippen LogP contribution in [0.15, 0.2) is 29.7 Å². The molecule has 0 aliphatic carbocycles. The van der Waals surface area contributed by atoms with Gasteiger partial charge in [0.1, 0.15) is 0 Å². The number of oxime groups is 1. The quantitative estimate of drug-likeness (QED) is 0.376. The van der Waals surface area contributed by atoms with Gasteiger partial charge in [0.25, 0.3) is 0 Å². The zero-order valence-corrected chi connectivity index (χ0v) is 11.4. The molecule has 7 nitrogen and oxygen atoms in total. The van der Waals surface area contributed by atoms with Crippen molar-refractivity contribution in [2.75, 3.05) is 0 Å². The van der Waals surface area contributed by atoms with Crippen LogP contribution in [0.3, 0.4) is 0 Å². The molecule has 0 atom stereocenters. The molecule has 0 unspecified atom stereocenters. The second-order valence-corrected chi connectivity index (χ2v) is 4.36. The summed E-state index contributed by atoms with van der Waals surface area (Å²) < 4.78 is 7.44. The summed E-state index contributed by atoms with van der Waals surface area (Å²) in [5, 5.41) is 15.9. The molecule has 0 fully saturated rings. The van der Waals surface area contributed by atoms with Crippen LogP contribution in [-0.4, -0.2) is 25.8 Å². The molecule has 0 amide bonds. The van der Waals surface area contributed by atoms with Crippen molar-refractivity contribution >= 4 is 5.84 Å². The molecule has 106 valence electrons. The van der Waals surface area contributed by atoms with Crippen LogP contribution < -0.4 is 10.5 Å². The Bertz CT molecular complexity index is 621. The average molecular weight is 275 g/mol. The Kier molecular flexibility index (Phi) is 4.19. The Balaban J connectivity index is 2.21. The predicted octanol–water partition coefficient (Wildman–Crippen LogP) is 1.88. The number of ether oxygens (including phenoxy) is 1. The van der Waals surface area contributed by atoms with E-state index in [1.54, 1.807) is 29.2 Å². The van der Waals surface area contributed by atoms with Gasteiger partial charge in [-0.15, -0.1) is 0 Å². The van der Waals surface area contributed by atoms with Crippen molar-refractivity contribution in [3.63, 3.8) is 0 Å². The van der Waals surface area contributed by atoms with Crippen LogP contribution in [0, 0.1) is 6.92 Å². The maximum absolute atomic E-state index is 8.71. The van der Waals surface area contributed by atoms with Crippen LogP contribution in [0.4, 0.5) is 0 Å². The lowest BCUT2D eigenvalue weighted by molar-refractivity contribution is 0.318. The molecule has 2 rings (SSSR count). The molecule has 0 bridgehead atoms. The van der Waals surface area contributed by atoms with Crippen molar-refractivity contribution in [2.45, 2.75) is 26.8 Å². The number of nitrogens with zero attached hydrogens (tertiary/aromatic N) is 4. The van der Waals surface area contributed by atoms with Gasteiger partial charge in [-0.1, -0.05) is 12.1 Å². The molecule has 20 heavy (non-hydrogen) atoms. The summed E-state index contributed by atoms with van der Waals surface area (Å²) in [5.74, 6) is 0.992. The van der Waals surface area contributed by atoms with E-state index in [1.165, 1.54) is 0 Å². The van der Waals surface area contributed by atoms with E-state index >= 15 is 0 Å². The van der Waals surface area contributed by atoms with Crippen molar-refractivity contribution < 1.29 is 9.94 Å². The lowest BCUT2D eigenvalue weighted by atomic mass is 10.2. The molecular weight excluding hydrogens is 258 g/mol. The molecule has 2 heterocycles. The molecule has 0 aliphatic rings. The van der Waals surface area contributed by atoms with Gasteiger partial charge in [0.2, 0.25) is 5.88 Å². The minimum atomic E-state index is 0.0158. The standard InChI is InChI=1S/C13H17N5O2/c1-3-4-18-8-11(7-15-18)20-12-6-10(13(14)17-19)5-9(2)16-12/h5-8,19H,3-4H2,1-2H3,(H2,14,17). The van der Waals surface area contributed by atoms with Crippen LogP contribution in [-0.2, 0) is 6.54 Å². The molecular formula is C13H17N5O2. The van der Waals surface area contributed by atoms with E-state index in [2.05, 4.69) is 22.2 Å². The van der Waals surface area contributed by atoms with Crippen LogP contribution in [0.2, 0.25) is 0 Å². The Hall–Kier alpha value is -2.57. The third-order valence-corrected chi connectivity index (χ3v) is 2.62. The van der Waals surface area contributed by atoms with Gasteiger partial charge in [0, 0.05) is 23.9 Å². The molecule has 0 radical (unpaired) electrons. The smallest absolute Gasteiger partial charge is 0.220 e. The highest BCUT2D eigenvalue weighted by Gasteiger charge is 2.07. The molecule has 3 N–H and O–H groups in total. The summed E-state index contributed by atoms with van der Waals surface area (Å²) in [6, 6.07) is 3.32. The number of pyridine rings is 1. The van der Waals surface area contributed by atoms with Crippen molar-refractivity contribution in [2.24, 2.45) is 10.9 Å². The first-order valence-electron chi connectivity index (χ1n) is 6.29. The van der Waals surface area contributed by atoms with E-state index in [0.29, 0.717) is 22.9 Å². The molecule has 0 aliphatic heterocycles. The van der Waals surface area contributed by atoms with Crippen molar-refractivity contribution in [1.29, 1.82) is 0 Å². The molecule has 2 aromatic rings. The second kappa shape index (κ2) is 6.05. The van der Waals surface area contributed by atoms with Gasteiger partial charge < -0.3 is 15.7 Å². The number of aryl methyl sites for hydroxylation is 2. The summed E-state index contributed by atoms with van der Waals surface area (Å²) in [5.41, 5.74) is 6.83. The van der Waals surface area contributed by atoms with E-state index in [0.717, 1.165) is 13.0 Å². The van der Waals surface area contributed by atoms with Gasteiger partial charge in [-0.2, -0.15) is 5.10 Å². The van der Waals surface area contributed by atoms with Crippen LogP contribution in [0.1, 0.15) is 24.6 Å². The maximum Gasteiger partial charge on any atom is 0.220 e.